The van der Waals surface area contributed by atoms with Crippen LogP contribution in [0.25, 0.3) is 0 Å². The van der Waals surface area contributed by atoms with Crippen LogP contribution in [0.4, 0.5) is 0 Å². The van der Waals surface area contributed by atoms with Crippen LogP contribution in [0.1, 0.15) is 335 Å². The molecule has 3 N–H and O–H groups in total. The number of aliphatic hydroxyl groups is 2. The van der Waals surface area contributed by atoms with Crippen molar-refractivity contribution in [1.82, 2.24) is 5.32 Å². The van der Waals surface area contributed by atoms with Crippen molar-refractivity contribution in [3.8, 4) is 0 Å². The minimum absolute atomic E-state index is 0.0245. The predicted octanol–water partition coefficient (Wildman–Crippen LogP) is 18.9. The molecule has 370 valence electrons. The lowest BCUT2D eigenvalue weighted by molar-refractivity contribution is -0.123. The van der Waals surface area contributed by atoms with Gasteiger partial charge in [-0.05, 0) is 38.5 Å². The molecule has 4 nitrogen and oxygen atoms in total. The molecular weight excluding hydrogens is 759 g/mol. The smallest absolute Gasteiger partial charge is 0.220 e. The van der Waals surface area contributed by atoms with Crippen LogP contribution in [-0.4, -0.2) is 34.9 Å². The van der Waals surface area contributed by atoms with Gasteiger partial charge in [-0.3, -0.25) is 4.79 Å². The van der Waals surface area contributed by atoms with Crippen molar-refractivity contribution < 1.29 is 15.0 Å². The number of hydrogen-bond donors (Lipinski definition) is 3. The number of carbonyl (C=O) groups is 1. The molecule has 0 rings (SSSR count). The maximum absolute atomic E-state index is 12.5. The van der Waals surface area contributed by atoms with Crippen LogP contribution in [0.3, 0.4) is 0 Å². The Labute approximate surface area is 390 Å². The molecule has 0 aliphatic rings. The molecule has 0 fully saturated rings. The quantitative estimate of drug-likeness (QED) is 0.0421. The van der Waals surface area contributed by atoms with Crippen molar-refractivity contribution in [2.45, 2.75) is 347 Å². The summed E-state index contributed by atoms with van der Waals surface area (Å²) >= 11 is 0. The van der Waals surface area contributed by atoms with Crippen LogP contribution in [0, 0.1) is 0 Å². The first-order chi connectivity index (χ1) is 30.7. The summed E-state index contributed by atoms with van der Waals surface area (Å²) in [5.41, 5.74) is 0. The minimum atomic E-state index is -0.654. The maximum Gasteiger partial charge on any atom is 0.220 e. The van der Waals surface area contributed by atoms with Crippen LogP contribution in [0.2, 0.25) is 0 Å². The molecule has 0 aromatic carbocycles. The van der Waals surface area contributed by atoms with Crippen molar-refractivity contribution >= 4 is 5.91 Å². The molecule has 2 atom stereocenters. The topological polar surface area (TPSA) is 69.6 Å². The lowest BCUT2D eigenvalue weighted by Crippen LogP contribution is -2.45. The van der Waals surface area contributed by atoms with E-state index in [4.69, 9.17) is 0 Å². The molecule has 1 amide bonds. The second kappa shape index (κ2) is 54.5. The van der Waals surface area contributed by atoms with Gasteiger partial charge in [0, 0.05) is 6.42 Å². The van der Waals surface area contributed by atoms with Crippen LogP contribution < -0.4 is 5.32 Å². The summed E-state index contributed by atoms with van der Waals surface area (Å²) in [4.78, 5) is 12.5. The summed E-state index contributed by atoms with van der Waals surface area (Å²) in [5, 5.41) is 23.2. The molecular formula is C58H115NO3. The molecule has 0 saturated carbocycles. The molecule has 4 heteroatoms. The van der Waals surface area contributed by atoms with E-state index in [1.807, 2.05) is 0 Å². The number of hydrogen-bond acceptors (Lipinski definition) is 3. The summed E-state index contributed by atoms with van der Waals surface area (Å²) in [6, 6.07) is -0.531. The van der Waals surface area contributed by atoms with E-state index in [-0.39, 0.29) is 12.5 Å². The van der Waals surface area contributed by atoms with Gasteiger partial charge in [0.05, 0.1) is 18.8 Å². The second-order valence-electron chi connectivity index (χ2n) is 20.1. The fourth-order valence-electron chi connectivity index (χ4n) is 9.36. The number of allylic oxidation sites excluding steroid dienone is 2. The molecule has 2 unspecified atom stereocenters. The number of unbranched alkanes of at least 4 members (excludes halogenated alkanes) is 45. The van der Waals surface area contributed by atoms with Crippen LogP contribution in [-0.2, 0) is 4.79 Å². The Kier molecular flexibility index (Phi) is 53.7. The zero-order chi connectivity index (χ0) is 44.9. The first-order valence-corrected chi connectivity index (χ1v) is 28.9. The van der Waals surface area contributed by atoms with E-state index >= 15 is 0 Å². The third-order valence-electron chi connectivity index (χ3n) is 13.8. The molecule has 0 aliphatic heterocycles. The van der Waals surface area contributed by atoms with Crippen molar-refractivity contribution in [2.75, 3.05) is 6.61 Å². The highest BCUT2D eigenvalue weighted by Gasteiger charge is 2.20. The van der Waals surface area contributed by atoms with Gasteiger partial charge in [-0.2, -0.15) is 0 Å². The molecule has 0 aliphatic carbocycles. The third-order valence-corrected chi connectivity index (χ3v) is 13.8. The predicted molar refractivity (Wildman–Crippen MR) is 276 cm³/mol. The molecule has 0 aromatic heterocycles. The van der Waals surface area contributed by atoms with Gasteiger partial charge in [-0.1, -0.05) is 302 Å². The number of aliphatic hydroxyl groups excluding tert-OH is 2. The normalized spacial score (nSPS) is 12.8. The van der Waals surface area contributed by atoms with Gasteiger partial charge in [0.25, 0.3) is 0 Å². The van der Waals surface area contributed by atoms with Crippen molar-refractivity contribution in [1.29, 1.82) is 0 Å². The van der Waals surface area contributed by atoms with Crippen molar-refractivity contribution in [3.05, 3.63) is 12.2 Å². The van der Waals surface area contributed by atoms with Gasteiger partial charge < -0.3 is 15.5 Å². The molecule has 0 radical (unpaired) electrons. The summed E-state index contributed by atoms with van der Waals surface area (Å²) in [6.07, 6.45) is 70.8. The standard InChI is InChI=1S/C58H115NO3/c1-3-5-7-9-11-13-15-17-18-19-20-21-22-23-24-25-26-27-28-29-30-31-32-33-34-35-36-37-38-39-40-42-44-46-48-50-52-54-58(62)59-56(55-60)57(61)53-51-49-47-45-43-41-16-14-12-10-8-6-4-2/h19-20,56-57,60-61H,3-18,21-55H2,1-2H3,(H,59,62)/b20-19-. The molecule has 0 bridgehead atoms. The maximum atomic E-state index is 12.5. The zero-order valence-corrected chi connectivity index (χ0v) is 42.7. The molecule has 62 heavy (non-hydrogen) atoms. The third kappa shape index (κ3) is 50.1. The average Bonchev–Trinajstić information content (AvgIpc) is 3.28. The average molecular weight is 875 g/mol. The molecule has 0 heterocycles. The van der Waals surface area contributed by atoms with Crippen LogP contribution >= 0.6 is 0 Å². The highest BCUT2D eigenvalue weighted by atomic mass is 16.3. The Morgan fingerprint density at radius 1 is 0.371 bits per heavy atom. The number of rotatable bonds is 54. The summed E-state index contributed by atoms with van der Waals surface area (Å²) in [7, 11) is 0. The summed E-state index contributed by atoms with van der Waals surface area (Å²) in [6.45, 7) is 4.38. The Balaban J connectivity index is 3.33. The highest BCUT2D eigenvalue weighted by Crippen LogP contribution is 2.18. The fourth-order valence-corrected chi connectivity index (χ4v) is 9.36. The molecule has 0 aromatic rings. The van der Waals surface area contributed by atoms with Crippen LogP contribution in [0.5, 0.6) is 0 Å². The van der Waals surface area contributed by atoms with Crippen molar-refractivity contribution in [3.63, 3.8) is 0 Å². The van der Waals surface area contributed by atoms with Gasteiger partial charge in [-0.25, -0.2) is 0 Å². The van der Waals surface area contributed by atoms with E-state index in [9.17, 15) is 15.0 Å². The van der Waals surface area contributed by atoms with Crippen molar-refractivity contribution in [2.24, 2.45) is 0 Å². The summed E-state index contributed by atoms with van der Waals surface area (Å²) < 4.78 is 0. The number of amides is 1. The SMILES string of the molecule is CCCCCCCCCC/C=C\CCCCCCCCCCCCCCCCCCCCCCCCCCCC(=O)NC(CO)C(O)CCCCCCCCCCCCCCC. The van der Waals surface area contributed by atoms with Crippen LogP contribution in [0.15, 0.2) is 12.2 Å². The van der Waals surface area contributed by atoms with Gasteiger partial charge >= 0.3 is 0 Å². The zero-order valence-electron chi connectivity index (χ0n) is 42.7. The van der Waals surface area contributed by atoms with Gasteiger partial charge in [0.2, 0.25) is 5.91 Å². The van der Waals surface area contributed by atoms with E-state index in [0.717, 1.165) is 25.7 Å². The first-order valence-electron chi connectivity index (χ1n) is 28.9. The Bertz CT molecular complexity index is 860. The lowest BCUT2D eigenvalue weighted by Gasteiger charge is -2.22. The van der Waals surface area contributed by atoms with E-state index in [2.05, 4.69) is 31.3 Å². The van der Waals surface area contributed by atoms with Gasteiger partial charge in [0.1, 0.15) is 0 Å². The highest BCUT2D eigenvalue weighted by molar-refractivity contribution is 5.76. The minimum Gasteiger partial charge on any atom is -0.394 e. The van der Waals surface area contributed by atoms with E-state index in [1.165, 1.54) is 283 Å². The largest absolute Gasteiger partial charge is 0.394 e. The van der Waals surface area contributed by atoms with E-state index in [0.29, 0.717) is 12.8 Å². The Hall–Kier alpha value is -0.870. The molecule has 0 spiro atoms. The van der Waals surface area contributed by atoms with Gasteiger partial charge in [0.15, 0.2) is 0 Å². The first kappa shape index (κ1) is 61.1. The second-order valence-corrected chi connectivity index (χ2v) is 20.1. The Morgan fingerprint density at radius 3 is 0.887 bits per heavy atom. The summed E-state index contributed by atoms with van der Waals surface area (Å²) in [5.74, 6) is -0.0245. The van der Waals surface area contributed by atoms with Gasteiger partial charge in [-0.15, -0.1) is 0 Å². The fraction of sp³-hybridized carbons (Fsp3) is 0.948. The molecule has 0 saturated heterocycles. The van der Waals surface area contributed by atoms with E-state index in [1.54, 1.807) is 0 Å². The van der Waals surface area contributed by atoms with E-state index < -0.39 is 12.1 Å². The monoisotopic (exact) mass is 874 g/mol. The number of carbonyl (C=O) groups excluding carboxylic acids is 1. The Morgan fingerprint density at radius 2 is 0.613 bits per heavy atom. The lowest BCUT2D eigenvalue weighted by atomic mass is 10.0. The number of nitrogens with one attached hydrogen (secondary N) is 1.